The van der Waals surface area contributed by atoms with Crippen molar-refractivity contribution in [2.75, 3.05) is 45.8 Å². The molecule has 1 heterocycles. The third-order valence-corrected chi connectivity index (χ3v) is 6.52. The summed E-state index contributed by atoms with van der Waals surface area (Å²) in [5, 5.41) is 2.78. The van der Waals surface area contributed by atoms with Crippen molar-refractivity contribution in [2.45, 2.75) is 11.8 Å². The molecule has 3 rings (SSSR count). The van der Waals surface area contributed by atoms with Gasteiger partial charge in [0.25, 0.3) is 5.91 Å². The predicted molar refractivity (Wildman–Crippen MR) is 108 cm³/mol. The van der Waals surface area contributed by atoms with Gasteiger partial charge in [0.1, 0.15) is 11.5 Å². The Bertz CT molecular complexity index is 1000. The van der Waals surface area contributed by atoms with Gasteiger partial charge in [-0.1, -0.05) is 6.07 Å². The Labute approximate surface area is 170 Å². The van der Waals surface area contributed by atoms with Crippen LogP contribution in [0.3, 0.4) is 0 Å². The van der Waals surface area contributed by atoms with Crippen LogP contribution in [0.4, 0.5) is 5.69 Å². The van der Waals surface area contributed by atoms with E-state index in [1.807, 2.05) is 13.0 Å². The molecule has 1 fully saturated rings. The number of hydrogen-bond donors (Lipinski definition) is 1. The van der Waals surface area contributed by atoms with Gasteiger partial charge in [-0.25, -0.2) is 8.42 Å². The summed E-state index contributed by atoms with van der Waals surface area (Å²) < 4.78 is 43.0. The molecule has 1 N–H and O–H groups in total. The Morgan fingerprint density at radius 1 is 1.03 bits per heavy atom. The lowest BCUT2D eigenvalue weighted by Crippen LogP contribution is -2.40. The maximum atomic E-state index is 13.0. The summed E-state index contributed by atoms with van der Waals surface area (Å²) in [5.74, 6) is 0.278. The van der Waals surface area contributed by atoms with Crippen LogP contribution in [-0.4, -0.2) is 59.2 Å². The molecule has 0 aliphatic carbocycles. The number of carbonyl (C=O) groups is 1. The second kappa shape index (κ2) is 8.81. The monoisotopic (exact) mass is 420 g/mol. The molecule has 0 unspecified atom stereocenters. The summed E-state index contributed by atoms with van der Waals surface area (Å²) in [5.41, 5.74) is 1.54. The van der Waals surface area contributed by atoms with Crippen LogP contribution in [0, 0.1) is 6.92 Å². The largest absolute Gasteiger partial charge is 0.496 e. The Balaban J connectivity index is 1.95. The molecule has 9 heteroatoms. The van der Waals surface area contributed by atoms with E-state index in [4.69, 9.17) is 14.2 Å². The smallest absolute Gasteiger partial charge is 0.259 e. The minimum atomic E-state index is -3.74. The molecule has 1 amide bonds. The number of benzene rings is 2. The number of hydrogen-bond acceptors (Lipinski definition) is 6. The van der Waals surface area contributed by atoms with Crippen molar-refractivity contribution in [2.24, 2.45) is 0 Å². The molecule has 0 aromatic heterocycles. The van der Waals surface area contributed by atoms with E-state index in [1.165, 1.54) is 36.7 Å². The highest BCUT2D eigenvalue weighted by Gasteiger charge is 2.28. The van der Waals surface area contributed by atoms with Gasteiger partial charge in [-0.2, -0.15) is 4.31 Å². The molecule has 29 heavy (non-hydrogen) atoms. The quantitative estimate of drug-likeness (QED) is 0.771. The standard InChI is InChI=1S/C20H24N2O6S/c1-14-4-6-19(27-3)17(12-14)21-20(23)16-13-15(5-7-18(16)26-2)29(24,25)22-8-10-28-11-9-22/h4-7,12-13H,8-11H2,1-3H3,(H,21,23). The zero-order chi connectivity index (χ0) is 21.0. The highest BCUT2D eigenvalue weighted by molar-refractivity contribution is 7.89. The van der Waals surface area contributed by atoms with E-state index in [-0.39, 0.29) is 29.3 Å². The SMILES string of the molecule is COc1ccc(C)cc1NC(=O)c1cc(S(=O)(=O)N2CCOCC2)ccc1OC. The zero-order valence-electron chi connectivity index (χ0n) is 16.6. The Morgan fingerprint density at radius 3 is 2.34 bits per heavy atom. The van der Waals surface area contributed by atoms with Crippen molar-refractivity contribution in [3.05, 3.63) is 47.5 Å². The second-order valence-corrected chi connectivity index (χ2v) is 8.47. The minimum absolute atomic E-state index is 0.0292. The Hall–Kier alpha value is -2.62. The summed E-state index contributed by atoms with van der Waals surface area (Å²) in [4.78, 5) is 13.0. The highest BCUT2D eigenvalue weighted by Crippen LogP contribution is 2.29. The molecule has 8 nitrogen and oxygen atoms in total. The predicted octanol–water partition coefficient (Wildman–Crippen LogP) is 2.29. The number of anilines is 1. The van der Waals surface area contributed by atoms with Gasteiger partial charge >= 0.3 is 0 Å². The summed E-state index contributed by atoms with van der Waals surface area (Å²) in [6.07, 6.45) is 0. The fraction of sp³-hybridized carbons (Fsp3) is 0.350. The van der Waals surface area contributed by atoms with Gasteiger partial charge < -0.3 is 19.5 Å². The molecule has 1 saturated heterocycles. The maximum Gasteiger partial charge on any atom is 0.259 e. The van der Waals surface area contributed by atoms with Gasteiger partial charge in [-0.05, 0) is 42.8 Å². The first-order valence-electron chi connectivity index (χ1n) is 9.08. The molecule has 0 saturated carbocycles. The van der Waals surface area contributed by atoms with Crippen LogP contribution in [0.1, 0.15) is 15.9 Å². The summed E-state index contributed by atoms with van der Waals surface area (Å²) in [6, 6.07) is 9.65. The van der Waals surface area contributed by atoms with Crippen molar-refractivity contribution in [3.63, 3.8) is 0 Å². The molecule has 156 valence electrons. The average Bonchev–Trinajstić information content (AvgIpc) is 2.74. The number of morpholine rings is 1. The molecule has 2 aromatic rings. The van der Waals surface area contributed by atoms with Crippen LogP contribution in [0.5, 0.6) is 11.5 Å². The third kappa shape index (κ3) is 4.52. The van der Waals surface area contributed by atoms with Gasteiger partial charge in [0.2, 0.25) is 10.0 Å². The fourth-order valence-electron chi connectivity index (χ4n) is 3.07. The van der Waals surface area contributed by atoms with Crippen molar-refractivity contribution in [1.29, 1.82) is 0 Å². The lowest BCUT2D eigenvalue weighted by Gasteiger charge is -2.26. The third-order valence-electron chi connectivity index (χ3n) is 4.63. The van der Waals surface area contributed by atoms with E-state index in [9.17, 15) is 13.2 Å². The first kappa shape index (κ1) is 21.1. The van der Waals surface area contributed by atoms with Crippen molar-refractivity contribution in [3.8, 4) is 11.5 Å². The van der Waals surface area contributed by atoms with Crippen LogP contribution >= 0.6 is 0 Å². The van der Waals surface area contributed by atoms with Crippen LogP contribution < -0.4 is 14.8 Å². The van der Waals surface area contributed by atoms with Crippen LogP contribution in [0.25, 0.3) is 0 Å². The van der Waals surface area contributed by atoms with E-state index in [1.54, 1.807) is 12.1 Å². The summed E-state index contributed by atoms with van der Waals surface area (Å²) >= 11 is 0. The number of ether oxygens (including phenoxy) is 3. The highest BCUT2D eigenvalue weighted by atomic mass is 32.2. The number of rotatable bonds is 6. The van der Waals surface area contributed by atoms with E-state index in [0.717, 1.165) is 5.56 Å². The topological polar surface area (TPSA) is 94.2 Å². The molecular formula is C20H24N2O6S. The van der Waals surface area contributed by atoms with Gasteiger partial charge in [0.15, 0.2) is 0 Å². The minimum Gasteiger partial charge on any atom is -0.496 e. The zero-order valence-corrected chi connectivity index (χ0v) is 17.4. The van der Waals surface area contributed by atoms with Crippen molar-refractivity contribution < 1.29 is 27.4 Å². The van der Waals surface area contributed by atoms with E-state index >= 15 is 0 Å². The molecule has 0 radical (unpaired) electrons. The van der Waals surface area contributed by atoms with E-state index < -0.39 is 15.9 Å². The summed E-state index contributed by atoms with van der Waals surface area (Å²) in [7, 11) is -0.806. The second-order valence-electron chi connectivity index (χ2n) is 6.54. The number of carbonyl (C=O) groups excluding carboxylic acids is 1. The molecular weight excluding hydrogens is 396 g/mol. The molecule has 1 aliphatic rings. The van der Waals surface area contributed by atoms with E-state index in [2.05, 4.69) is 5.32 Å². The first-order valence-corrected chi connectivity index (χ1v) is 10.5. The lowest BCUT2D eigenvalue weighted by atomic mass is 10.1. The number of nitrogens with one attached hydrogen (secondary N) is 1. The molecule has 1 aliphatic heterocycles. The lowest BCUT2D eigenvalue weighted by molar-refractivity contribution is 0.0730. The first-order chi connectivity index (χ1) is 13.9. The average molecular weight is 420 g/mol. The Morgan fingerprint density at radius 2 is 1.69 bits per heavy atom. The Kier molecular flexibility index (Phi) is 6.41. The molecule has 0 spiro atoms. The molecule has 0 bridgehead atoms. The fourth-order valence-corrected chi connectivity index (χ4v) is 4.50. The van der Waals surface area contributed by atoms with Gasteiger partial charge in [-0.15, -0.1) is 0 Å². The van der Waals surface area contributed by atoms with Crippen molar-refractivity contribution >= 4 is 21.6 Å². The molecule has 0 atom stereocenters. The van der Waals surface area contributed by atoms with Crippen LogP contribution in [-0.2, 0) is 14.8 Å². The summed E-state index contributed by atoms with van der Waals surface area (Å²) in [6.45, 7) is 3.13. The van der Waals surface area contributed by atoms with Gasteiger partial charge in [-0.3, -0.25) is 4.79 Å². The van der Waals surface area contributed by atoms with E-state index in [0.29, 0.717) is 24.7 Å². The number of methoxy groups -OCH3 is 2. The maximum absolute atomic E-state index is 13.0. The van der Waals surface area contributed by atoms with Crippen LogP contribution in [0.2, 0.25) is 0 Å². The molecule has 2 aromatic carbocycles. The van der Waals surface area contributed by atoms with Gasteiger partial charge in [0.05, 0.1) is 43.6 Å². The number of nitrogens with zero attached hydrogens (tertiary/aromatic N) is 1. The number of sulfonamides is 1. The van der Waals surface area contributed by atoms with Crippen molar-refractivity contribution in [1.82, 2.24) is 4.31 Å². The normalized spacial score (nSPS) is 15.0. The van der Waals surface area contributed by atoms with Gasteiger partial charge in [0, 0.05) is 13.1 Å². The number of aryl methyl sites for hydroxylation is 1. The van der Waals surface area contributed by atoms with Crippen LogP contribution in [0.15, 0.2) is 41.3 Å². The number of amides is 1.